The zero-order valence-electron chi connectivity index (χ0n) is 17.2. The first-order valence-corrected chi connectivity index (χ1v) is 10.7. The Morgan fingerprint density at radius 1 is 1.30 bits per heavy atom. The van der Waals surface area contributed by atoms with Crippen LogP contribution in [-0.2, 0) is 9.59 Å². The van der Waals surface area contributed by atoms with E-state index in [-0.39, 0.29) is 29.9 Å². The molecular weight excluding hydrogens is 418 g/mol. The summed E-state index contributed by atoms with van der Waals surface area (Å²) in [6.07, 6.45) is -1.28. The van der Waals surface area contributed by atoms with Gasteiger partial charge in [-0.15, -0.1) is 0 Å². The average molecular weight is 445 g/mol. The standard InChI is InChI=1S/C22H27ClF2O5/c1-10-4-11-12-5-15(24)13-6-16(27)14(23)7-19(13,2)21(12,25)17(28)8-20(11,3)22(10,30)18(29)9-26/h6-7,10-12,15,17,26,28,30H,4-5,8-9H2,1-3H3/t10-,11+,12+,15+,17+,19?,20?,21+,22+/m1/s1. The molecule has 5 nitrogen and oxygen atoms in total. The molecule has 3 N–H and O–H groups in total. The minimum Gasteiger partial charge on any atom is -0.390 e. The summed E-state index contributed by atoms with van der Waals surface area (Å²) in [6.45, 7) is 3.84. The second kappa shape index (κ2) is 6.44. The summed E-state index contributed by atoms with van der Waals surface area (Å²) in [6, 6.07) is 0. The van der Waals surface area contributed by atoms with E-state index in [2.05, 4.69) is 0 Å². The van der Waals surface area contributed by atoms with Crippen LogP contribution in [0.15, 0.2) is 22.8 Å². The Hall–Kier alpha value is -1.15. The van der Waals surface area contributed by atoms with Gasteiger partial charge in [0, 0.05) is 16.7 Å². The number of carbonyl (C=O) groups is 2. The van der Waals surface area contributed by atoms with E-state index in [1.807, 2.05) is 0 Å². The fraction of sp³-hybridized carbons (Fsp3) is 0.727. The molecule has 0 saturated heterocycles. The van der Waals surface area contributed by atoms with Gasteiger partial charge in [-0.1, -0.05) is 25.4 Å². The normalized spacial score (nSPS) is 52.7. The predicted octanol–water partition coefficient (Wildman–Crippen LogP) is 2.41. The van der Waals surface area contributed by atoms with E-state index in [9.17, 15) is 24.9 Å². The van der Waals surface area contributed by atoms with Gasteiger partial charge in [-0.2, -0.15) is 0 Å². The molecule has 0 spiro atoms. The highest BCUT2D eigenvalue weighted by atomic mass is 35.5. The maximum absolute atomic E-state index is 17.0. The lowest BCUT2D eigenvalue weighted by atomic mass is 9.44. The highest BCUT2D eigenvalue weighted by molar-refractivity contribution is 6.44. The minimum absolute atomic E-state index is 0.0361. The van der Waals surface area contributed by atoms with Gasteiger partial charge in [0.15, 0.2) is 17.2 Å². The third kappa shape index (κ3) is 2.27. The van der Waals surface area contributed by atoms with Crippen LogP contribution in [0.2, 0.25) is 0 Å². The number of halogens is 3. The molecule has 3 fully saturated rings. The molecule has 9 atom stereocenters. The van der Waals surface area contributed by atoms with Crippen molar-refractivity contribution in [3.8, 4) is 0 Å². The average Bonchev–Trinajstić information content (AvgIpc) is 2.87. The van der Waals surface area contributed by atoms with Crippen molar-refractivity contribution in [3.05, 3.63) is 22.8 Å². The summed E-state index contributed by atoms with van der Waals surface area (Å²) >= 11 is 6.02. The molecule has 0 aliphatic heterocycles. The number of aliphatic hydroxyl groups excluding tert-OH is 2. The lowest BCUT2D eigenvalue weighted by Gasteiger charge is -2.63. The van der Waals surface area contributed by atoms with Gasteiger partial charge in [0.05, 0.1) is 11.1 Å². The third-order valence-electron chi connectivity index (χ3n) is 8.84. The molecule has 0 radical (unpaired) electrons. The molecule has 0 amide bonds. The Morgan fingerprint density at radius 2 is 1.93 bits per heavy atom. The van der Waals surface area contributed by atoms with Crippen molar-refractivity contribution in [3.63, 3.8) is 0 Å². The van der Waals surface area contributed by atoms with E-state index >= 15 is 8.78 Å². The van der Waals surface area contributed by atoms with Crippen LogP contribution in [0.1, 0.15) is 40.0 Å². The van der Waals surface area contributed by atoms with Crippen LogP contribution in [0.4, 0.5) is 8.78 Å². The minimum atomic E-state index is -2.33. The number of alkyl halides is 2. The highest BCUT2D eigenvalue weighted by Crippen LogP contribution is 2.71. The molecule has 0 aromatic heterocycles. The van der Waals surface area contributed by atoms with Crippen LogP contribution in [0.5, 0.6) is 0 Å². The van der Waals surface area contributed by atoms with Crippen LogP contribution in [0.25, 0.3) is 0 Å². The van der Waals surface area contributed by atoms with Crippen molar-refractivity contribution in [2.75, 3.05) is 6.61 Å². The quantitative estimate of drug-likeness (QED) is 0.608. The topological polar surface area (TPSA) is 94.8 Å². The van der Waals surface area contributed by atoms with Crippen LogP contribution in [0, 0.1) is 28.6 Å². The number of aliphatic hydroxyl groups is 3. The molecule has 0 bridgehead atoms. The van der Waals surface area contributed by atoms with E-state index in [0.717, 1.165) is 6.08 Å². The molecule has 4 aliphatic carbocycles. The SMILES string of the molecule is C[C@@H]1C[C@H]2[C@@H]3C[C@H](F)C4=CC(=O)C(Cl)=CC4(C)[C@@]3(F)[C@@H](O)CC2(C)[C@@]1(O)C(=O)CO. The Balaban J connectivity index is 1.89. The molecular formula is C22H27ClF2O5. The summed E-state index contributed by atoms with van der Waals surface area (Å²) in [4.78, 5) is 24.6. The molecule has 8 heteroatoms. The van der Waals surface area contributed by atoms with E-state index < -0.39 is 70.3 Å². The molecule has 4 rings (SSSR count). The van der Waals surface area contributed by atoms with Crippen molar-refractivity contribution in [2.45, 2.75) is 63.6 Å². The Morgan fingerprint density at radius 3 is 2.53 bits per heavy atom. The Bertz CT molecular complexity index is 889. The van der Waals surface area contributed by atoms with Gasteiger partial charge >= 0.3 is 0 Å². The maximum Gasteiger partial charge on any atom is 0.196 e. The Labute approximate surface area is 178 Å². The van der Waals surface area contributed by atoms with Crippen molar-refractivity contribution >= 4 is 23.2 Å². The summed E-state index contributed by atoms with van der Waals surface area (Å²) in [5, 5.41) is 31.7. The molecule has 4 aliphatic rings. The summed E-state index contributed by atoms with van der Waals surface area (Å²) in [5.41, 5.74) is -7.19. The first-order chi connectivity index (χ1) is 13.8. The monoisotopic (exact) mass is 444 g/mol. The maximum atomic E-state index is 17.0. The fourth-order valence-corrected chi connectivity index (χ4v) is 7.58. The summed E-state index contributed by atoms with van der Waals surface area (Å²) in [5.74, 6) is -3.59. The van der Waals surface area contributed by atoms with E-state index in [1.54, 1.807) is 13.8 Å². The first-order valence-electron chi connectivity index (χ1n) is 10.3. The number of ketones is 2. The van der Waals surface area contributed by atoms with E-state index in [0.29, 0.717) is 0 Å². The number of hydrogen-bond donors (Lipinski definition) is 3. The van der Waals surface area contributed by atoms with Crippen LogP contribution in [-0.4, -0.2) is 57.0 Å². The van der Waals surface area contributed by atoms with Crippen molar-refractivity contribution < 1.29 is 33.7 Å². The van der Waals surface area contributed by atoms with Gasteiger partial charge in [-0.25, -0.2) is 8.78 Å². The van der Waals surface area contributed by atoms with Crippen LogP contribution in [0.3, 0.4) is 0 Å². The number of allylic oxidation sites excluding steroid dienone is 4. The molecule has 166 valence electrons. The molecule has 3 saturated carbocycles. The fourth-order valence-electron chi connectivity index (χ4n) is 7.31. The second-order valence-corrected chi connectivity index (χ2v) is 10.4. The lowest BCUT2D eigenvalue weighted by molar-refractivity contribution is -0.223. The first kappa shape index (κ1) is 22.1. The van der Waals surface area contributed by atoms with Gasteiger partial charge in [-0.3, -0.25) is 9.59 Å². The molecule has 30 heavy (non-hydrogen) atoms. The summed E-state index contributed by atoms with van der Waals surface area (Å²) < 4.78 is 32.3. The van der Waals surface area contributed by atoms with Crippen LogP contribution >= 0.6 is 11.6 Å². The number of rotatable bonds is 2. The van der Waals surface area contributed by atoms with Gasteiger partial charge < -0.3 is 15.3 Å². The Kier molecular flexibility index (Phi) is 4.73. The van der Waals surface area contributed by atoms with Gasteiger partial charge in [-0.05, 0) is 55.7 Å². The number of Topliss-reactive ketones (excluding diaryl/α,β-unsaturated/α-hetero) is 1. The van der Waals surface area contributed by atoms with Crippen molar-refractivity contribution in [1.29, 1.82) is 0 Å². The van der Waals surface area contributed by atoms with Gasteiger partial charge in [0.2, 0.25) is 0 Å². The predicted molar refractivity (Wildman–Crippen MR) is 105 cm³/mol. The summed E-state index contributed by atoms with van der Waals surface area (Å²) in [7, 11) is 0. The lowest BCUT2D eigenvalue weighted by Crippen LogP contribution is -2.70. The van der Waals surface area contributed by atoms with Crippen LogP contribution < -0.4 is 0 Å². The third-order valence-corrected chi connectivity index (χ3v) is 9.13. The molecule has 0 aromatic carbocycles. The molecule has 2 unspecified atom stereocenters. The number of carbonyl (C=O) groups excluding carboxylic acids is 2. The zero-order valence-corrected chi connectivity index (χ0v) is 17.9. The number of hydrogen-bond acceptors (Lipinski definition) is 5. The highest BCUT2D eigenvalue weighted by Gasteiger charge is 2.76. The smallest absolute Gasteiger partial charge is 0.196 e. The van der Waals surface area contributed by atoms with Gasteiger partial charge in [0.1, 0.15) is 18.4 Å². The van der Waals surface area contributed by atoms with Gasteiger partial charge in [0.25, 0.3) is 0 Å². The molecule has 0 heterocycles. The van der Waals surface area contributed by atoms with E-state index in [1.165, 1.54) is 13.0 Å². The number of fused-ring (bicyclic) bond motifs is 5. The van der Waals surface area contributed by atoms with Crippen molar-refractivity contribution in [2.24, 2.45) is 28.6 Å². The zero-order chi connectivity index (χ0) is 22.4. The second-order valence-electron chi connectivity index (χ2n) is 9.96. The van der Waals surface area contributed by atoms with Crippen molar-refractivity contribution in [1.82, 2.24) is 0 Å². The molecule has 0 aromatic rings. The largest absolute Gasteiger partial charge is 0.390 e. The van der Waals surface area contributed by atoms with E-state index in [4.69, 9.17) is 11.6 Å².